The van der Waals surface area contributed by atoms with Crippen molar-refractivity contribution in [3.63, 3.8) is 0 Å². The standard InChI is InChI=1S/C15H14O.C14H12O2.C14H12O/c1-15(16)13-8-4-2-6-11(13)10-12-7-3-5-9-14(12)15;1-14(15)10-6-2-4-8-12(10)16-13-9-5-3-7-11(13)14;1-14(15)12-8-4-2-6-10(12)11-7-3-5-9-13(11)14/h2-9,16H,10H2,1H3;2-9,15H,1H3;2-9,15H,1H3. The van der Waals surface area contributed by atoms with Gasteiger partial charge in [0.1, 0.15) is 28.3 Å². The molecule has 6 aromatic carbocycles. The lowest BCUT2D eigenvalue weighted by Gasteiger charge is -2.33. The molecule has 6 aromatic rings. The molecule has 0 saturated carbocycles. The van der Waals surface area contributed by atoms with Crippen LogP contribution in [0.2, 0.25) is 0 Å². The summed E-state index contributed by atoms with van der Waals surface area (Å²) >= 11 is 0. The van der Waals surface area contributed by atoms with Gasteiger partial charge in [-0.1, -0.05) is 133 Å². The summed E-state index contributed by atoms with van der Waals surface area (Å²) in [5.74, 6) is 1.46. The summed E-state index contributed by atoms with van der Waals surface area (Å²) in [5.41, 5.74) is 7.79. The number of para-hydroxylation sites is 2. The van der Waals surface area contributed by atoms with E-state index in [9.17, 15) is 15.3 Å². The highest BCUT2D eigenvalue weighted by atomic mass is 16.5. The number of aliphatic hydroxyl groups is 3. The first-order valence-corrected chi connectivity index (χ1v) is 16.0. The Morgan fingerprint density at radius 3 is 1.13 bits per heavy atom. The molecule has 0 spiro atoms. The summed E-state index contributed by atoms with van der Waals surface area (Å²) in [6, 6.07) is 47.5. The summed E-state index contributed by atoms with van der Waals surface area (Å²) in [6.45, 7) is 5.54. The topological polar surface area (TPSA) is 69.9 Å². The smallest absolute Gasteiger partial charge is 0.133 e. The van der Waals surface area contributed by atoms with Gasteiger partial charge in [0.15, 0.2) is 0 Å². The van der Waals surface area contributed by atoms with Crippen LogP contribution >= 0.6 is 0 Å². The van der Waals surface area contributed by atoms with Gasteiger partial charge in [0.25, 0.3) is 0 Å². The average Bonchev–Trinajstić information content (AvgIpc) is 3.32. The zero-order valence-corrected chi connectivity index (χ0v) is 26.8. The number of benzene rings is 6. The highest BCUT2D eigenvalue weighted by Crippen LogP contribution is 2.47. The van der Waals surface area contributed by atoms with Crippen molar-refractivity contribution >= 4 is 0 Å². The Morgan fingerprint density at radius 1 is 0.383 bits per heavy atom. The first-order chi connectivity index (χ1) is 22.6. The molecule has 0 bridgehead atoms. The van der Waals surface area contributed by atoms with E-state index in [0.29, 0.717) is 0 Å². The molecule has 47 heavy (non-hydrogen) atoms. The third-order valence-corrected chi connectivity index (χ3v) is 9.70. The van der Waals surface area contributed by atoms with Gasteiger partial charge in [-0.15, -0.1) is 0 Å². The van der Waals surface area contributed by atoms with Crippen molar-refractivity contribution < 1.29 is 20.1 Å². The van der Waals surface area contributed by atoms with E-state index in [4.69, 9.17) is 4.74 Å². The molecule has 1 heterocycles. The Bertz CT molecular complexity index is 1840. The van der Waals surface area contributed by atoms with Crippen molar-refractivity contribution in [1.82, 2.24) is 0 Å². The fraction of sp³-hybridized carbons (Fsp3) is 0.163. The van der Waals surface area contributed by atoms with Gasteiger partial charge in [-0.05, 0) is 83.8 Å². The van der Waals surface area contributed by atoms with Gasteiger partial charge < -0.3 is 20.1 Å². The third kappa shape index (κ3) is 5.25. The first kappa shape index (κ1) is 30.6. The fourth-order valence-corrected chi connectivity index (χ4v) is 7.26. The van der Waals surface area contributed by atoms with E-state index < -0.39 is 16.8 Å². The maximum atomic E-state index is 10.7. The molecule has 9 rings (SSSR count). The molecular weight excluding hydrogens is 580 g/mol. The van der Waals surface area contributed by atoms with E-state index >= 15 is 0 Å². The van der Waals surface area contributed by atoms with Gasteiger partial charge in [-0.25, -0.2) is 0 Å². The number of rotatable bonds is 0. The fourth-order valence-electron chi connectivity index (χ4n) is 7.26. The van der Waals surface area contributed by atoms with Crippen LogP contribution in [0, 0.1) is 0 Å². The minimum Gasteiger partial charge on any atom is -0.457 e. The summed E-state index contributed by atoms with van der Waals surface area (Å²) < 4.78 is 5.75. The molecule has 0 saturated heterocycles. The van der Waals surface area contributed by atoms with Crippen LogP contribution in [0.4, 0.5) is 0 Å². The average molecular weight is 619 g/mol. The lowest BCUT2D eigenvalue weighted by Crippen LogP contribution is -2.29. The van der Waals surface area contributed by atoms with Crippen LogP contribution in [0.25, 0.3) is 11.1 Å². The highest BCUT2D eigenvalue weighted by molar-refractivity contribution is 5.79. The monoisotopic (exact) mass is 618 g/mol. The van der Waals surface area contributed by atoms with Gasteiger partial charge in [-0.2, -0.15) is 0 Å². The van der Waals surface area contributed by atoms with Crippen molar-refractivity contribution in [2.75, 3.05) is 0 Å². The van der Waals surface area contributed by atoms with Crippen molar-refractivity contribution in [2.24, 2.45) is 0 Å². The van der Waals surface area contributed by atoms with Gasteiger partial charge in [-0.3, -0.25) is 0 Å². The van der Waals surface area contributed by atoms with E-state index in [1.54, 1.807) is 6.92 Å². The molecule has 0 aromatic heterocycles. The molecule has 4 nitrogen and oxygen atoms in total. The molecule has 0 atom stereocenters. The minimum atomic E-state index is -0.981. The molecule has 1 aliphatic heterocycles. The minimum absolute atomic E-state index is 0.728. The lowest BCUT2D eigenvalue weighted by molar-refractivity contribution is 0.0900. The van der Waals surface area contributed by atoms with Crippen LogP contribution in [-0.4, -0.2) is 15.3 Å². The highest BCUT2D eigenvalue weighted by Gasteiger charge is 2.37. The molecule has 3 aliphatic rings. The SMILES string of the molecule is CC1(O)c2ccccc2-c2ccccc21.CC1(O)c2ccccc2Cc2ccccc21.CC1(O)c2ccccc2Oc2ccccc21. The molecule has 0 radical (unpaired) electrons. The molecule has 0 fully saturated rings. The number of ether oxygens (including phenoxy) is 1. The maximum absolute atomic E-state index is 10.7. The van der Waals surface area contributed by atoms with E-state index in [1.807, 2.05) is 135 Å². The Morgan fingerprint density at radius 2 is 0.681 bits per heavy atom. The maximum Gasteiger partial charge on any atom is 0.133 e. The Balaban J connectivity index is 0.000000112. The van der Waals surface area contributed by atoms with Crippen LogP contribution in [0.1, 0.15) is 65.3 Å². The van der Waals surface area contributed by atoms with Crippen LogP contribution in [0.3, 0.4) is 0 Å². The largest absolute Gasteiger partial charge is 0.457 e. The van der Waals surface area contributed by atoms with Gasteiger partial charge >= 0.3 is 0 Å². The summed E-state index contributed by atoms with van der Waals surface area (Å²) in [7, 11) is 0. The molecule has 4 heteroatoms. The zero-order chi connectivity index (χ0) is 32.8. The second kappa shape index (κ2) is 11.7. The number of hydrogen-bond donors (Lipinski definition) is 3. The Hall–Kier alpha value is -5.00. The van der Waals surface area contributed by atoms with Crippen molar-refractivity contribution in [3.8, 4) is 22.6 Å². The quantitative estimate of drug-likeness (QED) is 0.159. The van der Waals surface area contributed by atoms with Crippen LogP contribution in [0.5, 0.6) is 11.5 Å². The molecule has 0 amide bonds. The van der Waals surface area contributed by atoms with Crippen LogP contribution in [0.15, 0.2) is 146 Å². The normalized spacial score (nSPS) is 16.0. The van der Waals surface area contributed by atoms with E-state index in [-0.39, 0.29) is 0 Å². The lowest BCUT2D eigenvalue weighted by atomic mass is 9.76. The van der Waals surface area contributed by atoms with Crippen molar-refractivity contribution in [3.05, 3.63) is 190 Å². The van der Waals surface area contributed by atoms with E-state index in [0.717, 1.165) is 62.4 Å². The Labute approximate surface area is 276 Å². The predicted molar refractivity (Wildman–Crippen MR) is 187 cm³/mol. The van der Waals surface area contributed by atoms with Gasteiger partial charge in [0, 0.05) is 11.1 Å². The van der Waals surface area contributed by atoms with Crippen molar-refractivity contribution in [1.29, 1.82) is 0 Å². The predicted octanol–water partition coefficient (Wildman–Crippen LogP) is 8.82. The van der Waals surface area contributed by atoms with Crippen LogP contribution < -0.4 is 4.74 Å². The zero-order valence-electron chi connectivity index (χ0n) is 26.8. The van der Waals surface area contributed by atoms with E-state index in [2.05, 4.69) is 24.3 Å². The number of fused-ring (bicyclic) bond motifs is 7. The second-order valence-corrected chi connectivity index (χ2v) is 12.9. The first-order valence-electron chi connectivity index (χ1n) is 16.0. The Kier molecular flexibility index (Phi) is 7.60. The molecule has 234 valence electrons. The molecule has 0 unspecified atom stereocenters. The summed E-state index contributed by atoms with van der Waals surface area (Å²) in [5, 5.41) is 31.8. The number of hydrogen-bond acceptors (Lipinski definition) is 4. The molecule has 3 N–H and O–H groups in total. The molecule has 2 aliphatic carbocycles. The summed E-state index contributed by atoms with van der Waals surface area (Å²) in [6.07, 6.45) is 0.919. The van der Waals surface area contributed by atoms with Gasteiger partial charge in [0.2, 0.25) is 0 Å². The summed E-state index contributed by atoms with van der Waals surface area (Å²) in [4.78, 5) is 0. The third-order valence-electron chi connectivity index (χ3n) is 9.70. The van der Waals surface area contributed by atoms with Crippen LogP contribution in [-0.2, 0) is 23.2 Å². The second-order valence-electron chi connectivity index (χ2n) is 12.9. The molecular formula is C43H38O4. The van der Waals surface area contributed by atoms with Gasteiger partial charge in [0.05, 0.1) is 0 Å². The van der Waals surface area contributed by atoms with Crippen molar-refractivity contribution in [2.45, 2.75) is 44.0 Å². The van der Waals surface area contributed by atoms with E-state index in [1.165, 1.54) is 11.1 Å².